The van der Waals surface area contributed by atoms with E-state index in [1.165, 1.54) is 16.7 Å². The standard InChI is InChI=1S/C33H49N5O6S/c1-22-17-25(40)18-23(2)26(22)20-27(34)32(43)37-28(13-16-45-3)33(44)36-21-30(41)38(14-9-4-5-10-15-39)29(31(35)42)19-24-11-7-6-8-12-24/h6-8,11-12,17-18,27-29,39-40H,4-5,9-10,13-16,19-21,34H2,1-3H3,(H2,35,42)(H,36,44)(H,37,43)/t27-,28+,29-/m0/s1. The van der Waals surface area contributed by atoms with Crippen molar-refractivity contribution >= 4 is 35.4 Å². The van der Waals surface area contributed by atoms with Gasteiger partial charge in [0.2, 0.25) is 23.6 Å². The van der Waals surface area contributed by atoms with Crippen molar-refractivity contribution in [3.8, 4) is 5.75 Å². The van der Waals surface area contributed by atoms with E-state index in [-0.39, 0.29) is 38.3 Å². The van der Waals surface area contributed by atoms with Gasteiger partial charge in [0, 0.05) is 19.6 Å². The third-order valence-corrected chi connectivity index (χ3v) is 8.35. The average Bonchev–Trinajstić information content (AvgIpc) is 3.00. The Hall–Kier alpha value is -3.61. The molecule has 0 aliphatic rings. The van der Waals surface area contributed by atoms with E-state index in [0.717, 1.165) is 35.1 Å². The minimum Gasteiger partial charge on any atom is -0.508 e. The molecule has 3 atom stereocenters. The predicted molar refractivity (Wildman–Crippen MR) is 178 cm³/mol. The topological polar surface area (TPSA) is 188 Å². The number of thioether (sulfide) groups is 1. The number of phenols is 1. The number of aliphatic hydroxyl groups excluding tert-OH is 1. The highest BCUT2D eigenvalue weighted by Gasteiger charge is 2.30. The molecule has 0 aliphatic heterocycles. The Labute approximate surface area is 270 Å². The van der Waals surface area contributed by atoms with Crippen LogP contribution in [-0.4, -0.2) is 88.6 Å². The number of rotatable bonds is 20. The number of aryl methyl sites for hydroxylation is 2. The smallest absolute Gasteiger partial charge is 0.243 e. The highest BCUT2D eigenvalue weighted by Crippen LogP contribution is 2.22. The number of carbonyl (C=O) groups is 4. The van der Waals surface area contributed by atoms with Gasteiger partial charge in [-0.3, -0.25) is 19.2 Å². The lowest BCUT2D eigenvalue weighted by molar-refractivity contribution is -0.140. The summed E-state index contributed by atoms with van der Waals surface area (Å²) < 4.78 is 0. The van der Waals surface area contributed by atoms with Gasteiger partial charge in [0.1, 0.15) is 17.8 Å². The number of unbranched alkanes of at least 4 members (excludes halogenated alkanes) is 3. The van der Waals surface area contributed by atoms with Crippen LogP contribution in [0.4, 0.5) is 0 Å². The van der Waals surface area contributed by atoms with Crippen molar-refractivity contribution < 1.29 is 29.4 Å². The molecule has 2 rings (SSSR count). The first-order valence-corrected chi connectivity index (χ1v) is 16.7. The van der Waals surface area contributed by atoms with Crippen molar-refractivity contribution in [2.45, 2.75) is 76.9 Å². The minimum atomic E-state index is -0.936. The van der Waals surface area contributed by atoms with Crippen LogP contribution in [0.2, 0.25) is 0 Å². The van der Waals surface area contributed by atoms with Crippen molar-refractivity contribution in [2.75, 3.05) is 31.7 Å². The molecule has 8 N–H and O–H groups in total. The van der Waals surface area contributed by atoms with Crippen LogP contribution in [0.3, 0.4) is 0 Å². The van der Waals surface area contributed by atoms with Crippen molar-refractivity contribution in [2.24, 2.45) is 11.5 Å². The molecular weight excluding hydrogens is 594 g/mol. The normalized spacial score (nSPS) is 13.0. The van der Waals surface area contributed by atoms with E-state index in [2.05, 4.69) is 10.6 Å². The number of aliphatic hydroxyl groups is 1. The van der Waals surface area contributed by atoms with Gasteiger partial charge in [0.05, 0.1) is 12.6 Å². The summed E-state index contributed by atoms with van der Waals surface area (Å²) in [6, 6.07) is 9.71. The number of aromatic hydroxyl groups is 1. The third-order valence-electron chi connectivity index (χ3n) is 7.70. The van der Waals surface area contributed by atoms with Gasteiger partial charge >= 0.3 is 0 Å². The first-order valence-electron chi connectivity index (χ1n) is 15.3. The van der Waals surface area contributed by atoms with Crippen LogP contribution in [0, 0.1) is 13.8 Å². The van der Waals surface area contributed by atoms with Gasteiger partial charge in [-0.25, -0.2) is 0 Å². The van der Waals surface area contributed by atoms with E-state index < -0.39 is 41.8 Å². The Bertz CT molecular complexity index is 1240. The first kappa shape index (κ1) is 37.6. The maximum atomic E-state index is 13.5. The SMILES string of the molecule is CSCC[C@@H](NC(=O)[C@@H](N)Cc1c(C)cc(O)cc1C)C(=O)NCC(=O)N(CCCCCCO)[C@@H](Cc1ccccc1)C(N)=O. The van der Waals surface area contributed by atoms with Crippen LogP contribution >= 0.6 is 11.8 Å². The van der Waals surface area contributed by atoms with Gasteiger partial charge in [-0.15, -0.1) is 0 Å². The second-order valence-electron chi connectivity index (χ2n) is 11.3. The van der Waals surface area contributed by atoms with Crippen LogP contribution < -0.4 is 22.1 Å². The molecule has 0 bridgehead atoms. The van der Waals surface area contributed by atoms with Gasteiger partial charge in [-0.05, 0) is 85.9 Å². The molecule has 0 heterocycles. The van der Waals surface area contributed by atoms with Crippen molar-refractivity contribution in [1.82, 2.24) is 15.5 Å². The summed E-state index contributed by atoms with van der Waals surface area (Å²) in [5.74, 6) is -1.43. The van der Waals surface area contributed by atoms with Crippen molar-refractivity contribution in [3.05, 3.63) is 64.7 Å². The molecule has 2 aromatic rings. The molecule has 45 heavy (non-hydrogen) atoms. The lowest BCUT2D eigenvalue weighted by Crippen LogP contribution is -2.55. The number of nitrogens with zero attached hydrogens (tertiary/aromatic N) is 1. The molecule has 12 heteroatoms. The summed E-state index contributed by atoms with van der Waals surface area (Å²) in [4.78, 5) is 53.8. The maximum absolute atomic E-state index is 13.5. The summed E-state index contributed by atoms with van der Waals surface area (Å²) in [5.41, 5.74) is 15.3. The number of hydrogen-bond acceptors (Lipinski definition) is 8. The van der Waals surface area contributed by atoms with Crippen LogP contribution in [0.25, 0.3) is 0 Å². The second kappa shape index (κ2) is 19.7. The molecule has 0 radical (unpaired) electrons. The van der Waals surface area contributed by atoms with Crippen LogP contribution in [0.15, 0.2) is 42.5 Å². The maximum Gasteiger partial charge on any atom is 0.243 e. The fourth-order valence-electron chi connectivity index (χ4n) is 5.18. The zero-order valence-corrected chi connectivity index (χ0v) is 27.4. The molecule has 0 saturated heterocycles. The highest BCUT2D eigenvalue weighted by molar-refractivity contribution is 7.98. The van der Waals surface area contributed by atoms with E-state index in [1.54, 1.807) is 12.1 Å². The third kappa shape index (κ3) is 12.7. The predicted octanol–water partition coefficient (Wildman–Crippen LogP) is 1.71. The number of amides is 4. The lowest BCUT2D eigenvalue weighted by atomic mass is 9.96. The fourth-order valence-corrected chi connectivity index (χ4v) is 5.65. The van der Waals surface area contributed by atoms with Gasteiger partial charge in [-0.2, -0.15) is 11.8 Å². The van der Waals surface area contributed by atoms with Gasteiger partial charge in [0.15, 0.2) is 0 Å². The average molecular weight is 644 g/mol. The highest BCUT2D eigenvalue weighted by atomic mass is 32.2. The molecule has 0 spiro atoms. The van der Waals surface area contributed by atoms with Gasteiger partial charge < -0.3 is 37.2 Å². The molecule has 2 aromatic carbocycles. The van der Waals surface area contributed by atoms with Crippen molar-refractivity contribution in [1.29, 1.82) is 0 Å². The molecule has 0 saturated carbocycles. The van der Waals surface area contributed by atoms with Crippen LogP contribution in [0.1, 0.15) is 54.4 Å². The number of carbonyl (C=O) groups excluding carboxylic acids is 4. The largest absolute Gasteiger partial charge is 0.508 e. The molecule has 11 nitrogen and oxygen atoms in total. The minimum absolute atomic E-state index is 0.0852. The molecule has 248 valence electrons. The van der Waals surface area contributed by atoms with E-state index in [4.69, 9.17) is 16.6 Å². The zero-order valence-electron chi connectivity index (χ0n) is 26.6. The van der Waals surface area contributed by atoms with Crippen LogP contribution in [-0.2, 0) is 32.0 Å². The summed E-state index contributed by atoms with van der Waals surface area (Å²) in [5, 5.41) is 24.3. The molecule has 0 aromatic heterocycles. The summed E-state index contributed by atoms with van der Waals surface area (Å²) >= 11 is 1.51. The number of nitrogens with one attached hydrogen (secondary N) is 2. The summed E-state index contributed by atoms with van der Waals surface area (Å²) in [7, 11) is 0. The Morgan fingerprint density at radius 2 is 1.60 bits per heavy atom. The number of nitrogens with two attached hydrogens (primary N) is 2. The van der Waals surface area contributed by atoms with Crippen LogP contribution in [0.5, 0.6) is 5.75 Å². The Morgan fingerprint density at radius 3 is 2.20 bits per heavy atom. The van der Waals surface area contributed by atoms with Gasteiger partial charge in [-0.1, -0.05) is 43.2 Å². The summed E-state index contributed by atoms with van der Waals surface area (Å²) in [6.07, 6.45) is 5.44. The molecule has 4 amide bonds. The summed E-state index contributed by atoms with van der Waals surface area (Å²) in [6.45, 7) is 3.64. The Balaban J connectivity index is 2.12. The fraction of sp³-hybridized carbons (Fsp3) is 0.515. The number of benzene rings is 2. The zero-order chi connectivity index (χ0) is 33.4. The van der Waals surface area contributed by atoms with Gasteiger partial charge in [0.25, 0.3) is 0 Å². The molecule has 0 unspecified atom stereocenters. The Morgan fingerprint density at radius 1 is 0.956 bits per heavy atom. The Kier molecular flexibility index (Phi) is 16.5. The van der Waals surface area contributed by atoms with E-state index in [0.29, 0.717) is 25.0 Å². The van der Waals surface area contributed by atoms with E-state index in [1.807, 2.05) is 50.4 Å². The van der Waals surface area contributed by atoms with E-state index in [9.17, 15) is 24.3 Å². The van der Waals surface area contributed by atoms with Crippen molar-refractivity contribution in [3.63, 3.8) is 0 Å². The quantitative estimate of drug-likeness (QED) is 0.118. The first-order chi connectivity index (χ1) is 21.5. The van der Waals surface area contributed by atoms with E-state index >= 15 is 0 Å². The second-order valence-corrected chi connectivity index (χ2v) is 12.2. The molecule has 0 fully saturated rings. The monoisotopic (exact) mass is 643 g/mol. The molecular formula is C33H49N5O6S. The molecule has 0 aliphatic carbocycles. The lowest BCUT2D eigenvalue weighted by Gasteiger charge is -2.30. The number of primary amides is 1. The number of phenolic OH excluding ortho intramolecular Hbond substituents is 1. The number of hydrogen-bond donors (Lipinski definition) is 6.